The number of carbonyl (C=O) groups excluding carboxylic acids is 1. The summed E-state index contributed by atoms with van der Waals surface area (Å²) in [6.45, 7) is 5.93. The lowest BCUT2D eigenvalue weighted by Gasteiger charge is -2.41. The fraction of sp³-hybridized carbons (Fsp3) is 0.476. The molecule has 1 unspecified atom stereocenters. The molecule has 3 heterocycles. The van der Waals surface area contributed by atoms with Crippen molar-refractivity contribution in [3.05, 3.63) is 41.6 Å². The smallest absolute Gasteiger partial charge is 0.230 e. The summed E-state index contributed by atoms with van der Waals surface area (Å²) in [6.07, 6.45) is 7.81. The number of H-pyrrole nitrogens is 1. The molecule has 2 aliphatic heterocycles. The summed E-state index contributed by atoms with van der Waals surface area (Å²) in [5, 5.41) is 1.36. The maximum absolute atomic E-state index is 13.0. The maximum Gasteiger partial charge on any atom is 0.230 e. The fourth-order valence-electron chi connectivity index (χ4n) is 5.00. The number of nitrogens with zero attached hydrogens (tertiary/aromatic N) is 2. The Labute approximate surface area is 148 Å². The van der Waals surface area contributed by atoms with Crippen LogP contribution in [-0.4, -0.2) is 52.9 Å². The first kappa shape index (κ1) is 15.2. The van der Waals surface area contributed by atoms with Crippen LogP contribution in [0.3, 0.4) is 0 Å². The molecule has 0 spiro atoms. The Kier molecular flexibility index (Phi) is 3.49. The van der Waals surface area contributed by atoms with Crippen molar-refractivity contribution in [2.24, 2.45) is 5.92 Å². The molecule has 2 aromatic rings. The van der Waals surface area contributed by atoms with Crippen molar-refractivity contribution in [2.75, 3.05) is 26.2 Å². The quantitative estimate of drug-likeness (QED) is 0.916. The number of amides is 1. The van der Waals surface area contributed by atoms with Crippen molar-refractivity contribution < 1.29 is 4.79 Å². The number of likely N-dealkylation sites (N-methyl/N-ethyl adjacent to an activating group) is 1. The Morgan fingerprint density at radius 3 is 2.92 bits per heavy atom. The van der Waals surface area contributed by atoms with Gasteiger partial charge >= 0.3 is 0 Å². The van der Waals surface area contributed by atoms with E-state index in [-0.39, 0.29) is 5.92 Å². The fourth-order valence-corrected chi connectivity index (χ4v) is 5.00. The highest BCUT2D eigenvalue weighted by Crippen LogP contribution is 2.41. The van der Waals surface area contributed by atoms with Crippen molar-refractivity contribution in [1.29, 1.82) is 0 Å². The van der Waals surface area contributed by atoms with Crippen LogP contribution in [0.4, 0.5) is 0 Å². The molecule has 0 saturated carbocycles. The van der Waals surface area contributed by atoms with Crippen molar-refractivity contribution in [1.82, 2.24) is 14.8 Å². The largest absolute Gasteiger partial charge is 0.361 e. The van der Waals surface area contributed by atoms with E-state index in [1.54, 1.807) is 0 Å². The summed E-state index contributed by atoms with van der Waals surface area (Å²) in [4.78, 5) is 21.0. The first-order chi connectivity index (χ1) is 12.3. The van der Waals surface area contributed by atoms with Gasteiger partial charge in [0, 0.05) is 42.8 Å². The van der Waals surface area contributed by atoms with Gasteiger partial charge in [0.05, 0.1) is 5.92 Å². The first-order valence-corrected chi connectivity index (χ1v) is 9.60. The third-order valence-electron chi connectivity index (χ3n) is 6.26. The summed E-state index contributed by atoms with van der Waals surface area (Å²) >= 11 is 0. The molecule has 3 aliphatic rings. The van der Waals surface area contributed by atoms with Crippen molar-refractivity contribution >= 4 is 22.4 Å². The van der Waals surface area contributed by atoms with Gasteiger partial charge < -0.3 is 9.88 Å². The Bertz CT molecular complexity index is 859. The Morgan fingerprint density at radius 2 is 2.12 bits per heavy atom. The second-order valence-electron chi connectivity index (χ2n) is 7.61. The molecule has 130 valence electrons. The van der Waals surface area contributed by atoms with Gasteiger partial charge in [-0.1, -0.05) is 25.1 Å². The summed E-state index contributed by atoms with van der Waals surface area (Å²) in [5.74, 6) is 0.328. The second kappa shape index (κ2) is 5.73. The van der Waals surface area contributed by atoms with Gasteiger partial charge in [-0.05, 0) is 48.6 Å². The highest BCUT2D eigenvalue weighted by atomic mass is 16.2. The summed E-state index contributed by atoms with van der Waals surface area (Å²) in [7, 11) is 0. The normalized spacial score (nSPS) is 26.0. The van der Waals surface area contributed by atoms with E-state index in [2.05, 4.69) is 52.2 Å². The van der Waals surface area contributed by atoms with E-state index in [1.807, 2.05) is 0 Å². The van der Waals surface area contributed by atoms with Crippen LogP contribution in [0.25, 0.3) is 16.5 Å². The van der Waals surface area contributed by atoms with Gasteiger partial charge in [0.25, 0.3) is 0 Å². The van der Waals surface area contributed by atoms with Gasteiger partial charge in [-0.2, -0.15) is 0 Å². The number of carbonyl (C=O) groups is 1. The zero-order chi connectivity index (χ0) is 17.0. The Hall–Kier alpha value is -2.07. The van der Waals surface area contributed by atoms with Crippen LogP contribution in [-0.2, 0) is 11.2 Å². The monoisotopic (exact) mass is 335 g/mol. The summed E-state index contributed by atoms with van der Waals surface area (Å²) in [5.41, 5.74) is 5.31. The van der Waals surface area contributed by atoms with Crippen LogP contribution in [0.1, 0.15) is 30.9 Å². The molecule has 5 rings (SSSR count). The molecule has 4 heteroatoms. The lowest BCUT2D eigenvalue weighted by atomic mass is 9.79. The Balaban J connectivity index is 1.60. The molecular formula is C21H25N3O. The zero-order valence-corrected chi connectivity index (χ0v) is 14.8. The molecule has 1 aromatic carbocycles. The number of hydrogen-bond donors (Lipinski definition) is 1. The highest BCUT2D eigenvalue weighted by molar-refractivity contribution is 5.99. The number of hydrogen-bond acceptors (Lipinski definition) is 2. The molecule has 2 atom stereocenters. The lowest BCUT2D eigenvalue weighted by Crippen LogP contribution is -2.48. The third kappa shape index (κ3) is 2.27. The zero-order valence-electron chi connectivity index (χ0n) is 14.8. The molecule has 0 bridgehead atoms. The molecule has 1 saturated heterocycles. The van der Waals surface area contributed by atoms with Crippen LogP contribution in [0.5, 0.6) is 0 Å². The van der Waals surface area contributed by atoms with Crippen LogP contribution in [0.15, 0.2) is 30.5 Å². The van der Waals surface area contributed by atoms with Gasteiger partial charge in [0.2, 0.25) is 5.91 Å². The summed E-state index contributed by atoms with van der Waals surface area (Å²) < 4.78 is 0. The van der Waals surface area contributed by atoms with E-state index >= 15 is 0 Å². The molecular weight excluding hydrogens is 310 g/mol. The van der Waals surface area contributed by atoms with Crippen molar-refractivity contribution in [3.8, 4) is 0 Å². The van der Waals surface area contributed by atoms with E-state index < -0.39 is 0 Å². The molecule has 0 radical (unpaired) electrons. The average molecular weight is 335 g/mol. The predicted molar refractivity (Wildman–Crippen MR) is 100 cm³/mol. The first-order valence-electron chi connectivity index (χ1n) is 9.60. The minimum Gasteiger partial charge on any atom is -0.361 e. The average Bonchev–Trinajstić information content (AvgIpc) is 3.32. The number of fused-ring (bicyclic) bond motifs is 2. The molecule has 1 fully saturated rings. The third-order valence-corrected chi connectivity index (χ3v) is 6.26. The van der Waals surface area contributed by atoms with Crippen molar-refractivity contribution in [3.63, 3.8) is 0 Å². The lowest BCUT2D eigenvalue weighted by molar-refractivity contribution is -0.133. The maximum atomic E-state index is 13.0. The molecule has 1 aliphatic carbocycles. The van der Waals surface area contributed by atoms with Crippen LogP contribution >= 0.6 is 0 Å². The van der Waals surface area contributed by atoms with Gasteiger partial charge in [-0.25, -0.2) is 0 Å². The molecule has 4 nitrogen and oxygen atoms in total. The van der Waals surface area contributed by atoms with Crippen LogP contribution < -0.4 is 0 Å². The number of nitrogens with one attached hydrogen (secondary N) is 1. The molecule has 1 amide bonds. The number of aromatic amines is 1. The van der Waals surface area contributed by atoms with E-state index in [0.29, 0.717) is 11.9 Å². The predicted octanol–water partition coefficient (Wildman–Crippen LogP) is 3.05. The van der Waals surface area contributed by atoms with E-state index in [9.17, 15) is 4.79 Å². The molecule has 1 aromatic heterocycles. The van der Waals surface area contributed by atoms with Crippen LogP contribution in [0, 0.1) is 5.92 Å². The van der Waals surface area contributed by atoms with E-state index in [4.69, 9.17) is 0 Å². The number of benzene rings is 1. The standard InChI is InChI=1S/C21H25N3O/c1-2-23-13-15(21(25)24-8-3-4-9-24)10-17-16-6-5-7-18-20(16)14(12-22-18)11-19(17)23/h5-7,10,12,15,19,22H,2-4,8-9,11,13H2,1H3/t15-,19?/m1/s1. The van der Waals surface area contributed by atoms with Gasteiger partial charge in [-0.15, -0.1) is 0 Å². The summed E-state index contributed by atoms with van der Waals surface area (Å²) in [6, 6.07) is 6.91. The Morgan fingerprint density at radius 1 is 1.28 bits per heavy atom. The van der Waals surface area contributed by atoms with Gasteiger partial charge in [-0.3, -0.25) is 9.69 Å². The topological polar surface area (TPSA) is 39.3 Å². The SMILES string of the molecule is CCN1C[C@H](C(=O)N2CCCC2)C=C2c3cccc4[nH]cc(c34)CC21. The van der Waals surface area contributed by atoms with Gasteiger partial charge in [0.1, 0.15) is 0 Å². The van der Waals surface area contributed by atoms with Crippen molar-refractivity contribution in [2.45, 2.75) is 32.2 Å². The van der Waals surface area contributed by atoms with E-state index in [1.165, 1.54) is 27.6 Å². The minimum absolute atomic E-state index is 0.0000444. The van der Waals surface area contributed by atoms with Gasteiger partial charge in [0.15, 0.2) is 0 Å². The van der Waals surface area contributed by atoms with Crippen LogP contribution in [0.2, 0.25) is 0 Å². The molecule has 25 heavy (non-hydrogen) atoms. The number of rotatable bonds is 2. The second-order valence-corrected chi connectivity index (χ2v) is 7.61. The minimum atomic E-state index is 0.0000444. The van der Waals surface area contributed by atoms with E-state index in [0.717, 1.165) is 45.4 Å². The highest BCUT2D eigenvalue weighted by Gasteiger charge is 2.37. The number of likely N-dealkylation sites (tertiary alicyclic amines) is 1. The molecule has 1 N–H and O–H groups in total. The number of aromatic nitrogens is 1.